The summed E-state index contributed by atoms with van der Waals surface area (Å²) in [5, 5.41) is 9.56. The fourth-order valence-corrected chi connectivity index (χ4v) is 3.54. The fraction of sp³-hybridized carbons (Fsp3) is 0.957. The van der Waals surface area contributed by atoms with E-state index < -0.39 is 41.8 Å². The zero-order valence-electron chi connectivity index (χ0n) is 22.2. The molecular weight excluding hydrogens is 569 g/mol. The van der Waals surface area contributed by atoms with Gasteiger partial charge in [0.1, 0.15) is 5.97 Å². The number of nitrogens with zero attached hydrogens (tertiary/aromatic N) is 1. The maximum Gasteiger partial charge on any atom is 0.460 e. The second-order valence-electron chi connectivity index (χ2n) is 9.31. The van der Waals surface area contributed by atoms with Crippen LogP contribution in [0.25, 0.3) is 0 Å². The molecule has 0 fully saturated rings. The van der Waals surface area contributed by atoms with Crippen LogP contribution in [0.4, 0.5) is 57.1 Å². The van der Waals surface area contributed by atoms with Crippen molar-refractivity contribution in [3.8, 4) is 0 Å². The van der Waals surface area contributed by atoms with E-state index in [2.05, 4.69) is 27.7 Å². The summed E-state index contributed by atoms with van der Waals surface area (Å²) in [4.78, 5) is 9.56. The Kier molecular flexibility index (Phi) is 15.2. The first-order valence-electron chi connectivity index (χ1n) is 12.5. The third-order valence-electron chi connectivity index (χ3n) is 6.13. The average molecular weight is 606 g/mol. The minimum absolute atomic E-state index is 1.35. The lowest BCUT2D eigenvalue weighted by atomic mass is 9.94. The summed E-state index contributed by atoms with van der Waals surface area (Å²) in [7, 11) is 0. The van der Waals surface area contributed by atoms with Gasteiger partial charge in [0, 0.05) is 0 Å². The van der Waals surface area contributed by atoms with Crippen molar-refractivity contribution in [1.29, 1.82) is 0 Å². The summed E-state index contributed by atoms with van der Waals surface area (Å²) in [6.07, 6.45) is 3.53. The third-order valence-corrected chi connectivity index (χ3v) is 6.13. The summed E-state index contributed by atoms with van der Waals surface area (Å²) in [6.45, 7) is 15.0. The Morgan fingerprint density at radius 2 is 0.769 bits per heavy atom. The van der Waals surface area contributed by atoms with E-state index in [1.54, 1.807) is 0 Å². The summed E-state index contributed by atoms with van der Waals surface area (Å²) in [6, 6.07) is 0. The molecule has 0 aliphatic heterocycles. The molecule has 0 aromatic heterocycles. The number of carbonyl (C=O) groups excluding carboxylic acids is 1. The van der Waals surface area contributed by atoms with E-state index in [4.69, 9.17) is 0 Å². The topological polar surface area (TPSA) is 40.1 Å². The van der Waals surface area contributed by atoms with Gasteiger partial charge >= 0.3 is 35.8 Å². The van der Waals surface area contributed by atoms with E-state index in [1.807, 2.05) is 0 Å². The molecule has 0 amide bonds. The van der Waals surface area contributed by atoms with E-state index in [0.717, 1.165) is 0 Å². The van der Waals surface area contributed by atoms with Gasteiger partial charge in [-0.1, -0.05) is 53.4 Å². The van der Waals surface area contributed by atoms with Crippen LogP contribution in [0, 0.1) is 0 Å². The normalized spacial score (nSPS) is 14.2. The van der Waals surface area contributed by atoms with Crippen LogP contribution in [0.3, 0.4) is 0 Å². The quantitative estimate of drug-likeness (QED) is 0.127. The van der Waals surface area contributed by atoms with E-state index in [9.17, 15) is 67.0 Å². The fourth-order valence-electron chi connectivity index (χ4n) is 3.54. The highest BCUT2D eigenvalue weighted by Gasteiger charge is 2.91. The molecule has 39 heavy (non-hydrogen) atoms. The summed E-state index contributed by atoms with van der Waals surface area (Å²) in [5.41, 5.74) is 0. The molecule has 3 nitrogen and oxygen atoms in total. The number of hydrogen-bond donors (Lipinski definition) is 0. The molecule has 236 valence electrons. The lowest BCUT2D eigenvalue weighted by Crippen LogP contribution is -2.72. The van der Waals surface area contributed by atoms with Crippen molar-refractivity contribution in [2.24, 2.45) is 0 Å². The number of aliphatic carboxylic acids is 1. The van der Waals surface area contributed by atoms with Gasteiger partial charge in [-0.15, -0.1) is 0 Å². The molecule has 0 heterocycles. The lowest BCUT2D eigenvalue weighted by Gasteiger charge is -2.39. The molecule has 0 unspecified atom stereocenters. The van der Waals surface area contributed by atoms with E-state index >= 15 is 0 Å². The summed E-state index contributed by atoms with van der Waals surface area (Å²) in [5.74, 6) is -43.5. The van der Waals surface area contributed by atoms with Gasteiger partial charge in [-0.25, -0.2) is 0 Å². The van der Waals surface area contributed by atoms with Crippen molar-refractivity contribution in [3.05, 3.63) is 0 Å². The third kappa shape index (κ3) is 9.00. The van der Waals surface area contributed by atoms with Crippen LogP contribution < -0.4 is 5.11 Å². The van der Waals surface area contributed by atoms with E-state index in [-0.39, 0.29) is 0 Å². The van der Waals surface area contributed by atoms with Gasteiger partial charge in [-0.2, -0.15) is 57.1 Å². The predicted molar refractivity (Wildman–Crippen MR) is 115 cm³/mol. The first-order valence-corrected chi connectivity index (χ1v) is 12.5. The molecule has 0 aromatic rings. The van der Waals surface area contributed by atoms with Crippen molar-refractivity contribution >= 4 is 5.97 Å². The molecule has 16 heteroatoms. The SMILES string of the molecule is CCCC[N+](CCCC)(CCCC)CCCC.O=C([O-])C(F)(F)C(F)(F)C(F)(F)C(F)(F)C(F)(F)C(F)(F)F. The summed E-state index contributed by atoms with van der Waals surface area (Å²) < 4.78 is 161. The lowest BCUT2D eigenvalue weighted by molar-refractivity contribution is -0.929. The molecule has 0 radical (unpaired) electrons. The van der Waals surface area contributed by atoms with Crippen LogP contribution in [0.1, 0.15) is 79.1 Å². The first kappa shape index (κ1) is 39.7. The molecule has 0 spiro atoms. The van der Waals surface area contributed by atoms with Crippen LogP contribution in [-0.4, -0.2) is 72.4 Å². The zero-order chi connectivity index (χ0) is 31.6. The maximum absolute atomic E-state index is 12.6. The van der Waals surface area contributed by atoms with Gasteiger partial charge in [0.25, 0.3) is 0 Å². The van der Waals surface area contributed by atoms with Crippen LogP contribution >= 0.6 is 0 Å². The highest BCUT2D eigenvalue weighted by Crippen LogP contribution is 2.60. The van der Waals surface area contributed by atoms with Gasteiger partial charge in [0.05, 0.1) is 26.2 Å². The van der Waals surface area contributed by atoms with Crippen molar-refractivity contribution in [2.45, 2.75) is 115 Å². The Hall–Kier alpha value is -1.48. The van der Waals surface area contributed by atoms with Crippen LogP contribution in [0.2, 0.25) is 0 Å². The minimum Gasteiger partial charge on any atom is -0.544 e. The molecule has 0 saturated carbocycles. The van der Waals surface area contributed by atoms with Crippen LogP contribution in [0.5, 0.6) is 0 Å². The number of unbranched alkanes of at least 4 members (excludes halogenated alkanes) is 4. The smallest absolute Gasteiger partial charge is 0.460 e. The number of halogens is 13. The molecule has 0 aliphatic carbocycles. The molecule has 0 atom stereocenters. The van der Waals surface area contributed by atoms with Crippen LogP contribution in [0.15, 0.2) is 0 Å². The minimum atomic E-state index is -8.11. The number of carboxylic acid groups (broad SMARTS) is 1. The number of alkyl halides is 13. The monoisotopic (exact) mass is 605 g/mol. The largest absolute Gasteiger partial charge is 0.544 e. The Bertz CT molecular complexity index is 688. The van der Waals surface area contributed by atoms with Crippen LogP contribution in [-0.2, 0) is 4.79 Å². The molecule has 0 bridgehead atoms. The second kappa shape index (κ2) is 14.9. The Labute approximate surface area is 219 Å². The zero-order valence-corrected chi connectivity index (χ0v) is 22.2. The van der Waals surface area contributed by atoms with Crippen molar-refractivity contribution in [1.82, 2.24) is 0 Å². The number of hydrogen-bond acceptors (Lipinski definition) is 2. The molecular formula is C23H36F13NO2. The second-order valence-corrected chi connectivity index (χ2v) is 9.31. The highest BCUT2D eigenvalue weighted by atomic mass is 19.4. The van der Waals surface area contributed by atoms with Crippen molar-refractivity contribution in [2.75, 3.05) is 26.2 Å². The highest BCUT2D eigenvalue weighted by molar-refractivity contribution is 5.75. The van der Waals surface area contributed by atoms with Gasteiger partial charge in [-0.3, -0.25) is 0 Å². The summed E-state index contributed by atoms with van der Waals surface area (Å²) >= 11 is 0. The van der Waals surface area contributed by atoms with Crippen molar-refractivity contribution in [3.63, 3.8) is 0 Å². The van der Waals surface area contributed by atoms with Gasteiger partial charge in [-0.05, 0) is 25.7 Å². The number of rotatable bonds is 17. The Morgan fingerprint density at radius 1 is 0.513 bits per heavy atom. The molecule has 0 saturated heterocycles. The van der Waals surface area contributed by atoms with E-state index in [0.29, 0.717) is 0 Å². The predicted octanol–water partition coefficient (Wildman–Crippen LogP) is 7.48. The van der Waals surface area contributed by atoms with Crippen molar-refractivity contribution < 1.29 is 71.5 Å². The molecule has 0 N–H and O–H groups in total. The average Bonchev–Trinajstić information content (AvgIpc) is 2.82. The van der Waals surface area contributed by atoms with Gasteiger partial charge in [0.15, 0.2) is 0 Å². The van der Waals surface area contributed by atoms with Gasteiger partial charge < -0.3 is 14.4 Å². The molecule has 0 rings (SSSR count). The Morgan fingerprint density at radius 3 is 0.974 bits per heavy atom. The van der Waals surface area contributed by atoms with Gasteiger partial charge in [0.2, 0.25) is 0 Å². The first-order chi connectivity index (χ1) is 17.4. The Balaban J connectivity index is 0. The number of quaternary nitrogens is 1. The molecule has 0 aromatic carbocycles. The molecule has 0 aliphatic rings. The van der Waals surface area contributed by atoms with E-state index in [1.165, 1.54) is 82.0 Å². The standard InChI is InChI=1S/C16H36N.C7HF13O2/c1-5-9-13-17(14-10-6-2,15-11-7-3)16-12-8-4;8-2(9,1(21)22)3(10,11)4(12,13)5(14,15)6(16,17)7(18,19)20/h5-16H2,1-4H3;(H,21,22)/q+1;/p-1. The maximum atomic E-state index is 12.6. The number of carboxylic acids is 1. The number of carbonyl (C=O) groups is 1.